The normalized spacial score (nSPS) is 15.8. The Kier molecular flexibility index (Phi) is 2.18. The minimum absolute atomic E-state index is 0.907. The van der Waals surface area contributed by atoms with Gasteiger partial charge in [-0.2, -0.15) is 0 Å². The number of pyridine rings is 1. The first-order chi connectivity index (χ1) is 6.42. The van der Waals surface area contributed by atoms with E-state index in [-0.39, 0.29) is 0 Å². The van der Waals surface area contributed by atoms with Crippen LogP contribution in [0.3, 0.4) is 0 Å². The number of anilines is 1. The maximum atomic E-state index is 5.40. The molecule has 1 aliphatic heterocycles. The third-order valence-corrected chi connectivity index (χ3v) is 2.35. The van der Waals surface area contributed by atoms with Crippen molar-refractivity contribution in [2.45, 2.75) is 12.8 Å². The van der Waals surface area contributed by atoms with Crippen molar-refractivity contribution in [3.8, 4) is 12.3 Å². The average Bonchev–Trinajstić information content (AvgIpc) is 2.70. The molecule has 66 valence electrons. The van der Waals surface area contributed by atoms with Crippen LogP contribution < -0.4 is 4.90 Å². The van der Waals surface area contributed by atoms with Crippen LogP contribution in [0, 0.1) is 12.3 Å². The van der Waals surface area contributed by atoms with Gasteiger partial charge < -0.3 is 4.90 Å². The third kappa shape index (κ3) is 1.50. The molecule has 0 saturated carbocycles. The monoisotopic (exact) mass is 172 g/mol. The van der Waals surface area contributed by atoms with Crippen LogP contribution in [0.5, 0.6) is 0 Å². The molecule has 1 aromatic heterocycles. The Labute approximate surface area is 78.6 Å². The number of aromatic nitrogens is 1. The van der Waals surface area contributed by atoms with Gasteiger partial charge in [0, 0.05) is 19.3 Å². The summed E-state index contributed by atoms with van der Waals surface area (Å²) in [5.74, 6) is 3.64. The van der Waals surface area contributed by atoms with Gasteiger partial charge in [0.05, 0.1) is 5.56 Å². The maximum Gasteiger partial charge on any atom is 0.144 e. The number of terminal acetylenes is 1. The van der Waals surface area contributed by atoms with Gasteiger partial charge in [0.15, 0.2) is 0 Å². The molecule has 1 aliphatic rings. The van der Waals surface area contributed by atoms with Gasteiger partial charge in [0.2, 0.25) is 0 Å². The van der Waals surface area contributed by atoms with Crippen molar-refractivity contribution in [1.82, 2.24) is 4.98 Å². The number of hydrogen-bond acceptors (Lipinski definition) is 2. The van der Waals surface area contributed by atoms with Gasteiger partial charge in [-0.25, -0.2) is 4.98 Å². The first-order valence-corrected chi connectivity index (χ1v) is 4.58. The van der Waals surface area contributed by atoms with E-state index in [2.05, 4.69) is 15.8 Å². The maximum absolute atomic E-state index is 5.40. The fourth-order valence-electron chi connectivity index (χ4n) is 1.69. The first-order valence-electron chi connectivity index (χ1n) is 4.58. The molecule has 1 saturated heterocycles. The molecule has 0 radical (unpaired) electrons. The highest BCUT2D eigenvalue weighted by Crippen LogP contribution is 2.20. The first kappa shape index (κ1) is 8.12. The molecule has 2 rings (SSSR count). The Morgan fingerprint density at radius 3 is 2.85 bits per heavy atom. The second kappa shape index (κ2) is 3.49. The lowest BCUT2D eigenvalue weighted by atomic mass is 10.2. The van der Waals surface area contributed by atoms with E-state index in [1.807, 2.05) is 12.1 Å². The van der Waals surface area contributed by atoms with E-state index < -0.39 is 0 Å². The van der Waals surface area contributed by atoms with Crippen molar-refractivity contribution in [3.05, 3.63) is 23.9 Å². The molecule has 1 fully saturated rings. The van der Waals surface area contributed by atoms with Crippen LogP contribution in [0.15, 0.2) is 18.3 Å². The molecule has 0 N–H and O–H groups in total. The van der Waals surface area contributed by atoms with Crippen molar-refractivity contribution >= 4 is 5.82 Å². The van der Waals surface area contributed by atoms with Crippen LogP contribution in [0.1, 0.15) is 18.4 Å². The SMILES string of the molecule is C#Cc1cccnc1N1CCCC1. The molecule has 0 aromatic carbocycles. The second-order valence-corrected chi connectivity index (χ2v) is 3.21. The summed E-state index contributed by atoms with van der Waals surface area (Å²) in [6, 6.07) is 3.83. The molecule has 0 unspecified atom stereocenters. The zero-order valence-electron chi connectivity index (χ0n) is 7.53. The quantitative estimate of drug-likeness (QED) is 0.599. The summed E-state index contributed by atoms with van der Waals surface area (Å²) in [7, 11) is 0. The van der Waals surface area contributed by atoms with E-state index in [9.17, 15) is 0 Å². The minimum atomic E-state index is 0.907. The van der Waals surface area contributed by atoms with Gasteiger partial charge in [-0.15, -0.1) is 6.42 Å². The fraction of sp³-hybridized carbons (Fsp3) is 0.364. The summed E-state index contributed by atoms with van der Waals surface area (Å²) in [5.41, 5.74) is 0.907. The van der Waals surface area contributed by atoms with E-state index >= 15 is 0 Å². The Morgan fingerprint density at radius 1 is 1.38 bits per heavy atom. The summed E-state index contributed by atoms with van der Waals surface area (Å²) < 4.78 is 0. The molecule has 13 heavy (non-hydrogen) atoms. The van der Waals surface area contributed by atoms with Crippen LogP contribution >= 0.6 is 0 Å². The zero-order valence-corrected chi connectivity index (χ0v) is 7.53. The highest BCUT2D eigenvalue weighted by molar-refractivity contribution is 5.55. The number of hydrogen-bond donors (Lipinski definition) is 0. The van der Waals surface area contributed by atoms with Crippen molar-refractivity contribution in [2.24, 2.45) is 0 Å². The van der Waals surface area contributed by atoms with E-state index in [0.29, 0.717) is 0 Å². The summed E-state index contributed by atoms with van der Waals surface area (Å²) in [6.45, 7) is 2.18. The largest absolute Gasteiger partial charge is 0.356 e. The van der Waals surface area contributed by atoms with Crippen LogP contribution in [0.2, 0.25) is 0 Å². The highest BCUT2D eigenvalue weighted by atomic mass is 15.2. The van der Waals surface area contributed by atoms with Crippen molar-refractivity contribution in [2.75, 3.05) is 18.0 Å². The van der Waals surface area contributed by atoms with E-state index in [1.54, 1.807) is 6.20 Å². The summed E-state index contributed by atoms with van der Waals surface area (Å²) >= 11 is 0. The van der Waals surface area contributed by atoms with E-state index in [1.165, 1.54) is 12.8 Å². The van der Waals surface area contributed by atoms with Crippen LogP contribution in [0.4, 0.5) is 5.82 Å². The zero-order chi connectivity index (χ0) is 9.10. The Balaban J connectivity index is 2.33. The fourth-order valence-corrected chi connectivity index (χ4v) is 1.69. The molecule has 0 spiro atoms. The molecule has 0 aliphatic carbocycles. The summed E-state index contributed by atoms with van der Waals surface area (Å²) in [6.07, 6.45) is 9.70. The van der Waals surface area contributed by atoms with E-state index in [0.717, 1.165) is 24.5 Å². The molecule has 1 aromatic rings. The second-order valence-electron chi connectivity index (χ2n) is 3.21. The summed E-state index contributed by atoms with van der Waals surface area (Å²) in [4.78, 5) is 6.57. The summed E-state index contributed by atoms with van der Waals surface area (Å²) in [5, 5.41) is 0. The lowest BCUT2D eigenvalue weighted by molar-refractivity contribution is 0.934. The van der Waals surface area contributed by atoms with Gasteiger partial charge >= 0.3 is 0 Å². The predicted octanol–water partition coefficient (Wildman–Crippen LogP) is 1.66. The molecule has 2 heteroatoms. The highest BCUT2D eigenvalue weighted by Gasteiger charge is 2.15. The van der Waals surface area contributed by atoms with E-state index in [4.69, 9.17) is 6.42 Å². The molecule has 2 nitrogen and oxygen atoms in total. The van der Waals surface area contributed by atoms with Gasteiger partial charge in [0.1, 0.15) is 5.82 Å². The number of nitrogens with zero attached hydrogens (tertiary/aromatic N) is 2. The van der Waals surface area contributed by atoms with Gasteiger partial charge in [-0.3, -0.25) is 0 Å². The van der Waals surface area contributed by atoms with Crippen LogP contribution in [0.25, 0.3) is 0 Å². The standard InChI is InChI=1S/C11H12N2/c1-2-10-6-5-7-12-11(10)13-8-3-4-9-13/h1,5-7H,3-4,8-9H2. The Bertz CT molecular complexity index is 332. The molecule has 2 heterocycles. The molecular weight excluding hydrogens is 160 g/mol. The molecule has 0 bridgehead atoms. The van der Waals surface area contributed by atoms with Crippen LogP contribution in [-0.2, 0) is 0 Å². The third-order valence-electron chi connectivity index (χ3n) is 2.35. The average molecular weight is 172 g/mol. The number of rotatable bonds is 1. The molecular formula is C11H12N2. The molecule has 0 amide bonds. The predicted molar refractivity (Wildman–Crippen MR) is 53.6 cm³/mol. The van der Waals surface area contributed by atoms with Crippen LogP contribution in [-0.4, -0.2) is 18.1 Å². The van der Waals surface area contributed by atoms with Crippen molar-refractivity contribution in [3.63, 3.8) is 0 Å². The van der Waals surface area contributed by atoms with Gasteiger partial charge in [-0.1, -0.05) is 5.92 Å². The van der Waals surface area contributed by atoms with Gasteiger partial charge in [-0.05, 0) is 25.0 Å². The lowest BCUT2D eigenvalue weighted by Gasteiger charge is -2.17. The van der Waals surface area contributed by atoms with Gasteiger partial charge in [0.25, 0.3) is 0 Å². The lowest BCUT2D eigenvalue weighted by Crippen LogP contribution is -2.19. The van der Waals surface area contributed by atoms with Crippen molar-refractivity contribution in [1.29, 1.82) is 0 Å². The topological polar surface area (TPSA) is 16.1 Å². The Hall–Kier alpha value is -1.49. The Morgan fingerprint density at radius 2 is 2.15 bits per heavy atom. The minimum Gasteiger partial charge on any atom is -0.356 e. The van der Waals surface area contributed by atoms with Crippen molar-refractivity contribution < 1.29 is 0 Å². The smallest absolute Gasteiger partial charge is 0.144 e. The molecule has 0 atom stereocenters.